The standard InChI is InChI=1S/C49H84O10/c1-3-5-7-9-11-13-15-17-19-21-23-25-27-29-31-33-35-37-44(51)56-40-42(41-57-49-48(55)47(54)46(53)43(39-50)59-49)58-45(52)38-36-34-32-30-28-26-24-22-20-18-16-14-12-10-8-6-4-2/h6,8,11-14,17-20,42-43,46-50,53-55H,3-5,7,9-10,15-16,21-41H2,1-2H3/b8-6-,13-11-,14-12-,19-17-,20-18-. The van der Waals surface area contributed by atoms with Crippen LogP contribution in [-0.4, -0.2) is 89.0 Å². The van der Waals surface area contributed by atoms with E-state index < -0.39 is 49.4 Å². The van der Waals surface area contributed by atoms with E-state index in [1.54, 1.807) is 0 Å². The van der Waals surface area contributed by atoms with Crippen LogP contribution in [0.1, 0.15) is 181 Å². The topological polar surface area (TPSA) is 152 Å². The lowest BCUT2D eigenvalue weighted by molar-refractivity contribution is -0.305. The first-order valence-electron chi connectivity index (χ1n) is 23.4. The fourth-order valence-electron chi connectivity index (χ4n) is 6.70. The Hall–Kier alpha value is -2.60. The van der Waals surface area contributed by atoms with Gasteiger partial charge in [-0.15, -0.1) is 0 Å². The molecule has 59 heavy (non-hydrogen) atoms. The van der Waals surface area contributed by atoms with Crippen molar-refractivity contribution in [1.29, 1.82) is 0 Å². The number of carbonyl (C=O) groups is 2. The van der Waals surface area contributed by atoms with Crippen LogP contribution in [0.4, 0.5) is 0 Å². The third-order valence-corrected chi connectivity index (χ3v) is 10.4. The van der Waals surface area contributed by atoms with E-state index in [1.165, 1.54) is 64.2 Å². The Morgan fingerprint density at radius 1 is 0.542 bits per heavy atom. The number of aliphatic hydroxyl groups is 4. The molecule has 0 aromatic rings. The fraction of sp³-hybridized carbons (Fsp3) is 0.755. The second-order valence-electron chi connectivity index (χ2n) is 15.8. The maximum absolute atomic E-state index is 12.8. The van der Waals surface area contributed by atoms with Gasteiger partial charge in [0, 0.05) is 12.8 Å². The molecule has 0 saturated carbocycles. The van der Waals surface area contributed by atoms with E-state index in [4.69, 9.17) is 18.9 Å². The summed E-state index contributed by atoms with van der Waals surface area (Å²) in [6.45, 7) is 3.27. The summed E-state index contributed by atoms with van der Waals surface area (Å²) in [6, 6.07) is 0. The Morgan fingerprint density at radius 2 is 1.00 bits per heavy atom. The number of carbonyl (C=O) groups excluding carboxylic acids is 2. The third-order valence-electron chi connectivity index (χ3n) is 10.4. The lowest BCUT2D eigenvalue weighted by atomic mass is 9.99. The van der Waals surface area contributed by atoms with Crippen LogP contribution in [0.5, 0.6) is 0 Å². The molecule has 6 atom stereocenters. The Kier molecular flexibility index (Phi) is 36.5. The van der Waals surface area contributed by atoms with Gasteiger partial charge in [0.2, 0.25) is 0 Å². The van der Waals surface area contributed by atoms with E-state index in [-0.39, 0.29) is 32.0 Å². The zero-order valence-corrected chi connectivity index (χ0v) is 37.0. The van der Waals surface area contributed by atoms with Crippen molar-refractivity contribution in [2.75, 3.05) is 19.8 Å². The minimum Gasteiger partial charge on any atom is -0.462 e. The monoisotopic (exact) mass is 833 g/mol. The molecule has 0 aromatic heterocycles. The van der Waals surface area contributed by atoms with Crippen LogP contribution in [0.3, 0.4) is 0 Å². The Labute approximate surface area is 358 Å². The lowest BCUT2D eigenvalue weighted by Gasteiger charge is -2.39. The van der Waals surface area contributed by atoms with Crippen LogP contribution >= 0.6 is 0 Å². The van der Waals surface area contributed by atoms with Crippen LogP contribution in [0.2, 0.25) is 0 Å². The third kappa shape index (κ3) is 31.0. The molecule has 6 unspecified atom stereocenters. The molecule has 1 aliphatic rings. The molecule has 1 rings (SSSR count). The van der Waals surface area contributed by atoms with E-state index in [0.717, 1.165) is 77.0 Å². The largest absolute Gasteiger partial charge is 0.462 e. The van der Waals surface area contributed by atoms with Crippen molar-refractivity contribution in [3.05, 3.63) is 60.8 Å². The zero-order chi connectivity index (χ0) is 43.0. The molecule has 1 aliphatic heterocycles. The van der Waals surface area contributed by atoms with Crippen molar-refractivity contribution in [2.24, 2.45) is 0 Å². The molecule has 340 valence electrons. The fourth-order valence-corrected chi connectivity index (χ4v) is 6.70. The van der Waals surface area contributed by atoms with Gasteiger partial charge in [0.1, 0.15) is 31.0 Å². The highest BCUT2D eigenvalue weighted by molar-refractivity contribution is 5.70. The summed E-state index contributed by atoms with van der Waals surface area (Å²) >= 11 is 0. The number of hydrogen-bond donors (Lipinski definition) is 4. The van der Waals surface area contributed by atoms with E-state index >= 15 is 0 Å². The van der Waals surface area contributed by atoms with Gasteiger partial charge in [-0.2, -0.15) is 0 Å². The van der Waals surface area contributed by atoms with Crippen LogP contribution in [-0.2, 0) is 28.5 Å². The number of aliphatic hydroxyl groups excluding tert-OH is 4. The Balaban J connectivity index is 2.32. The SMILES string of the molecule is CC/C=C\C/C=C\C/C=C\CCCCCCCCCC(=O)OC(COC(=O)CCCCCCCCC/C=C\C/C=C\CCCCC)COC1OC(CO)C(O)C(O)C1O. The molecule has 0 radical (unpaired) electrons. The molecule has 1 heterocycles. The van der Waals surface area contributed by atoms with Crippen molar-refractivity contribution < 1.29 is 49.0 Å². The maximum atomic E-state index is 12.8. The minimum atomic E-state index is -1.60. The number of unbranched alkanes of at least 4 members (excludes halogenated alkanes) is 17. The van der Waals surface area contributed by atoms with Crippen molar-refractivity contribution >= 4 is 11.9 Å². The van der Waals surface area contributed by atoms with E-state index in [1.807, 2.05) is 0 Å². The van der Waals surface area contributed by atoms with Crippen LogP contribution < -0.4 is 0 Å². The van der Waals surface area contributed by atoms with Crippen LogP contribution in [0.25, 0.3) is 0 Å². The average Bonchev–Trinajstić information content (AvgIpc) is 3.23. The smallest absolute Gasteiger partial charge is 0.306 e. The molecule has 10 nitrogen and oxygen atoms in total. The van der Waals surface area contributed by atoms with E-state index in [2.05, 4.69) is 74.6 Å². The molecule has 0 aromatic carbocycles. The molecule has 0 bridgehead atoms. The number of ether oxygens (including phenoxy) is 4. The van der Waals surface area contributed by atoms with E-state index in [0.29, 0.717) is 12.8 Å². The summed E-state index contributed by atoms with van der Waals surface area (Å²) in [4.78, 5) is 25.4. The van der Waals surface area contributed by atoms with Gasteiger partial charge in [0.15, 0.2) is 12.4 Å². The van der Waals surface area contributed by atoms with Crippen molar-refractivity contribution in [2.45, 2.75) is 218 Å². The normalized spacial score (nSPS) is 20.5. The van der Waals surface area contributed by atoms with Crippen molar-refractivity contribution in [3.63, 3.8) is 0 Å². The van der Waals surface area contributed by atoms with Gasteiger partial charge in [0.05, 0.1) is 13.2 Å². The summed E-state index contributed by atoms with van der Waals surface area (Å²) in [5, 5.41) is 40.1. The molecule has 0 amide bonds. The van der Waals surface area contributed by atoms with Gasteiger partial charge in [-0.1, -0.05) is 152 Å². The predicted molar refractivity (Wildman–Crippen MR) is 238 cm³/mol. The first-order chi connectivity index (χ1) is 28.8. The predicted octanol–water partition coefficient (Wildman–Crippen LogP) is 10.2. The number of hydrogen-bond acceptors (Lipinski definition) is 10. The van der Waals surface area contributed by atoms with Gasteiger partial charge in [-0.3, -0.25) is 9.59 Å². The van der Waals surface area contributed by atoms with Crippen molar-refractivity contribution in [3.8, 4) is 0 Å². The van der Waals surface area contributed by atoms with Crippen molar-refractivity contribution in [1.82, 2.24) is 0 Å². The summed E-state index contributed by atoms with van der Waals surface area (Å²) in [7, 11) is 0. The summed E-state index contributed by atoms with van der Waals surface area (Å²) in [5.74, 6) is -0.829. The highest BCUT2D eigenvalue weighted by atomic mass is 16.7. The highest BCUT2D eigenvalue weighted by Crippen LogP contribution is 2.22. The van der Waals surface area contributed by atoms with Gasteiger partial charge in [-0.25, -0.2) is 0 Å². The quantitative estimate of drug-likeness (QED) is 0.0269. The zero-order valence-electron chi connectivity index (χ0n) is 37.0. The number of rotatable bonds is 38. The first-order valence-corrected chi connectivity index (χ1v) is 23.4. The van der Waals surface area contributed by atoms with Gasteiger partial charge in [-0.05, 0) is 77.0 Å². The minimum absolute atomic E-state index is 0.214. The molecule has 1 fully saturated rings. The molecular weight excluding hydrogens is 749 g/mol. The second kappa shape index (κ2) is 39.5. The molecule has 4 N–H and O–H groups in total. The lowest BCUT2D eigenvalue weighted by Crippen LogP contribution is -2.59. The molecular formula is C49H84O10. The van der Waals surface area contributed by atoms with Crippen LogP contribution in [0.15, 0.2) is 60.8 Å². The van der Waals surface area contributed by atoms with Gasteiger partial charge in [0.25, 0.3) is 0 Å². The van der Waals surface area contributed by atoms with Crippen LogP contribution in [0, 0.1) is 0 Å². The van der Waals surface area contributed by atoms with Gasteiger partial charge >= 0.3 is 11.9 Å². The Bertz CT molecular complexity index is 1150. The summed E-state index contributed by atoms with van der Waals surface area (Å²) < 4.78 is 22.2. The molecule has 1 saturated heterocycles. The maximum Gasteiger partial charge on any atom is 0.306 e. The highest BCUT2D eigenvalue weighted by Gasteiger charge is 2.44. The van der Waals surface area contributed by atoms with E-state index in [9.17, 15) is 30.0 Å². The molecule has 0 spiro atoms. The van der Waals surface area contributed by atoms with Gasteiger partial charge < -0.3 is 39.4 Å². The molecule has 0 aliphatic carbocycles. The Morgan fingerprint density at radius 3 is 1.51 bits per heavy atom. The summed E-state index contributed by atoms with van der Waals surface area (Å²) in [6.07, 6.45) is 40.7. The first kappa shape index (κ1) is 54.4. The number of esters is 2. The average molecular weight is 833 g/mol. The molecule has 10 heteroatoms. The summed E-state index contributed by atoms with van der Waals surface area (Å²) in [5.41, 5.74) is 0. The second-order valence-corrected chi connectivity index (χ2v) is 15.8. The number of allylic oxidation sites excluding steroid dienone is 10.